The van der Waals surface area contributed by atoms with Gasteiger partial charge in [-0.2, -0.15) is 0 Å². The van der Waals surface area contributed by atoms with Crippen LogP contribution < -0.4 is 10.1 Å². The number of carbonyl (C=O) groups is 1. The Balaban J connectivity index is 1.54. The Morgan fingerprint density at radius 1 is 1.25 bits per heavy atom. The number of benzene rings is 2. The van der Waals surface area contributed by atoms with Gasteiger partial charge in [0.25, 0.3) is 5.91 Å². The number of carbonyl (C=O) groups excluding carboxylic acids is 1. The van der Waals surface area contributed by atoms with E-state index in [2.05, 4.69) is 10.3 Å². The predicted octanol–water partition coefficient (Wildman–Crippen LogP) is 3.21. The molecule has 1 aromatic heterocycles. The van der Waals surface area contributed by atoms with Gasteiger partial charge in [-0.15, -0.1) is 0 Å². The summed E-state index contributed by atoms with van der Waals surface area (Å²) in [5.74, 6) is 0.167. The molecule has 1 unspecified atom stereocenters. The third kappa shape index (κ3) is 2.52. The number of H-pyrrole nitrogens is 1. The van der Waals surface area contributed by atoms with Crippen molar-refractivity contribution in [3.63, 3.8) is 0 Å². The molecule has 122 valence electrons. The predicted molar refractivity (Wildman–Crippen MR) is 89.9 cm³/mol. The Labute approximate surface area is 138 Å². The van der Waals surface area contributed by atoms with E-state index in [0.717, 1.165) is 35.2 Å². The number of hydrogen-bond donors (Lipinski definition) is 2. The van der Waals surface area contributed by atoms with Gasteiger partial charge >= 0.3 is 0 Å². The van der Waals surface area contributed by atoms with Crippen molar-refractivity contribution in [2.24, 2.45) is 0 Å². The van der Waals surface area contributed by atoms with Crippen molar-refractivity contribution < 1.29 is 13.9 Å². The third-order valence-corrected chi connectivity index (χ3v) is 4.52. The second kappa shape index (κ2) is 5.67. The van der Waals surface area contributed by atoms with Crippen LogP contribution in [0.25, 0.3) is 10.9 Å². The second-order valence-electron chi connectivity index (χ2n) is 6.08. The molecule has 0 aliphatic heterocycles. The molecule has 4 rings (SSSR count). The Hall–Kier alpha value is -2.82. The highest BCUT2D eigenvalue weighted by atomic mass is 19.1. The summed E-state index contributed by atoms with van der Waals surface area (Å²) >= 11 is 0. The van der Waals surface area contributed by atoms with E-state index in [1.807, 2.05) is 18.2 Å². The molecule has 3 aromatic rings. The maximum atomic E-state index is 13.3. The maximum absolute atomic E-state index is 13.3. The van der Waals surface area contributed by atoms with Crippen molar-refractivity contribution in [3.05, 3.63) is 65.1 Å². The molecule has 1 amide bonds. The highest BCUT2D eigenvalue weighted by molar-refractivity contribution is 5.94. The van der Waals surface area contributed by atoms with Crippen molar-refractivity contribution in [2.75, 3.05) is 7.11 Å². The van der Waals surface area contributed by atoms with Gasteiger partial charge < -0.3 is 15.0 Å². The molecule has 24 heavy (non-hydrogen) atoms. The van der Waals surface area contributed by atoms with Gasteiger partial charge in [0.05, 0.1) is 7.11 Å². The first-order chi connectivity index (χ1) is 11.6. The summed E-state index contributed by atoms with van der Waals surface area (Å²) < 4.78 is 18.5. The molecule has 0 saturated carbocycles. The van der Waals surface area contributed by atoms with Gasteiger partial charge in [0, 0.05) is 34.6 Å². The number of hydrogen-bond acceptors (Lipinski definition) is 2. The van der Waals surface area contributed by atoms with Gasteiger partial charge in [-0.1, -0.05) is 6.07 Å². The number of rotatable bonds is 3. The SMILES string of the molecule is COc1ccc2[nH]c3c(c2c1)CC(NC(=O)c1cccc(F)c1)C3. The van der Waals surface area contributed by atoms with Gasteiger partial charge in [-0.25, -0.2) is 4.39 Å². The van der Waals surface area contributed by atoms with E-state index in [4.69, 9.17) is 4.74 Å². The van der Waals surface area contributed by atoms with E-state index in [9.17, 15) is 9.18 Å². The van der Waals surface area contributed by atoms with Crippen LogP contribution in [0.4, 0.5) is 4.39 Å². The van der Waals surface area contributed by atoms with Crippen LogP contribution >= 0.6 is 0 Å². The zero-order valence-corrected chi connectivity index (χ0v) is 13.2. The van der Waals surface area contributed by atoms with Crippen LogP contribution in [0.1, 0.15) is 21.6 Å². The first-order valence-corrected chi connectivity index (χ1v) is 7.88. The first kappa shape index (κ1) is 14.8. The lowest BCUT2D eigenvalue weighted by molar-refractivity contribution is 0.0938. The van der Waals surface area contributed by atoms with Crippen molar-refractivity contribution in [1.29, 1.82) is 0 Å². The fourth-order valence-corrected chi connectivity index (χ4v) is 3.38. The quantitative estimate of drug-likeness (QED) is 0.777. The van der Waals surface area contributed by atoms with Gasteiger partial charge in [0.2, 0.25) is 0 Å². The summed E-state index contributed by atoms with van der Waals surface area (Å²) in [5.41, 5.74) is 3.78. The van der Waals surface area contributed by atoms with Crippen LogP contribution in [-0.2, 0) is 12.8 Å². The molecule has 1 heterocycles. The zero-order valence-electron chi connectivity index (χ0n) is 13.2. The largest absolute Gasteiger partial charge is 0.497 e. The van der Waals surface area contributed by atoms with Crippen LogP contribution in [0.2, 0.25) is 0 Å². The molecule has 2 aromatic carbocycles. The molecular formula is C19H17FN2O2. The Bertz CT molecular complexity index is 932. The van der Waals surface area contributed by atoms with Crippen LogP contribution in [0.15, 0.2) is 42.5 Å². The molecule has 4 nitrogen and oxygen atoms in total. The fraction of sp³-hybridized carbons (Fsp3) is 0.211. The highest BCUT2D eigenvalue weighted by Crippen LogP contribution is 2.32. The summed E-state index contributed by atoms with van der Waals surface area (Å²) in [4.78, 5) is 15.7. The standard InChI is InChI=1S/C19H17FN2O2/c1-24-14-5-6-17-16(10-14)15-8-13(9-18(15)22-17)21-19(23)11-3-2-4-12(20)7-11/h2-7,10,13,22H,8-9H2,1H3,(H,21,23). The average Bonchev–Trinajstić information content (AvgIpc) is 3.11. The van der Waals surface area contributed by atoms with E-state index in [1.54, 1.807) is 19.2 Å². The van der Waals surface area contributed by atoms with Gasteiger partial charge in [-0.05, 0) is 48.4 Å². The molecule has 0 saturated heterocycles. The Morgan fingerprint density at radius 2 is 2.12 bits per heavy atom. The van der Waals surface area contributed by atoms with Gasteiger partial charge in [-0.3, -0.25) is 4.79 Å². The minimum absolute atomic E-state index is 0.0117. The van der Waals surface area contributed by atoms with Crippen molar-refractivity contribution in [2.45, 2.75) is 18.9 Å². The topological polar surface area (TPSA) is 54.1 Å². The monoisotopic (exact) mass is 324 g/mol. The molecule has 0 fully saturated rings. The minimum Gasteiger partial charge on any atom is -0.497 e. The summed E-state index contributed by atoms with van der Waals surface area (Å²) in [5, 5.41) is 4.12. The van der Waals surface area contributed by atoms with Gasteiger partial charge in [0.1, 0.15) is 11.6 Å². The normalized spacial score (nSPS) is 16.2. The fourth-order valence-electron chi connectivity index (χ4n) is 3.38. The Morgan fingerprint density at radius 3 is 2.92 bits per heavy atom. The van der Waals surface area contributed by atoms with Crippen LogP contribution in [0.5, 0.6) is 5.75 Å². The van der Waals surface area contributed by atoms with E-state index < -0.39 is 5.82 Å². The average molecular weight is 324 g/mol. The number of halogens is 1. The maximum Gasteiger partial charge on any atom is 0.251 e. The van der Waals surface area contributed by atoms with Crippen molar-refractivity contribution >= 4 is 16.8 Å². The van der Waals surface area contributed by atoms with E-state index in [1.165, 1.54) is 17.7 Å². The number of ether oxygens (including phenoxy) is 1. The highest BCUT2D eigenvalue weighted by Gasteiger charge is 2.27. The number of amides is 1. The first-order valence-electron chi connectivity index (χ1n) is 7.88. The molecule has 0 radical (unpaired) electrons. The van der Waals surface area contributed by atoms with Crippen LogP contribution in [0.3, 0.4) is 0 Å². The zero-order chi connectivity index (χ0) is 16.7. The lowest BCUT2D eigenvalue weighted by Gasteiger charge is -2.12. The summed E-state index contributed by atoms with van der Waals surface area (Å²) in [7, 11) is 1.65. The summed E-state index contributed by atoms with van der Waals surface area (Å²) in [6, 6.07) is 11.7. The minimum atomic E-state index is -0.405. The van der Waals surface area contributed by atoms with Crippen LogP contribution in [0, 0.1) is 5.82 Å². The smallest absolute Gasteiger partial charge is 0.251 e. The molecule has 2 N–H and O–H groups in total. The number of nitrogens with one attached hydrogen (secondary N) is 2. The Kier molecular flexibility index (Phi) is 3.49. The molecule has 1 atom stereocenters. The molecule has 5 heteroatoms. The summed E-state index contributed by atoms with van der Waals surface area (Å²) in [6.45, 7) is 0. The van der Waals surface area contributed by atoms with Crippen molar-refractivity contribution in [1.82, 2.24) is 10.3 Å². The lowest BCUT2D eigenvalue weighted by atomic mass is 10.1. The molecule has 1 aliphatic rings. The number of methoxy groups -OCH3 is 1. The number of fused-ring (bicyclic) bond motifs is 3. The molecular weight excluding hydrogens is 307 g/mol. The van der Waals surface area contributed by atoms with Gasteiger partial charge in [0.15, 0.2) is 0 Å². The molecule has 0 spiro atoms. The third-order valence-electron chi connectivity index (χ3n) is 4.52. The summed E-state index contributed by atoms with van der Waals surface area (Å²) in [6.07, 6.45) is 1.50. The molecule has 0 bridgehead atoms. The van der Waals surface area contributed by atoms with Crippen LogP contribution in [-0.4, -0.2) is 24.0 Å². The number of aromatic nitrogens is 1. The van der Waals surface area contributed by atoms with E-state index in [-0.39, 0.29) is 11.9 Å². The van der Waals surface area contributed by atoms with E-state index >= 15 is 0 Å². The number of aromatic amines is 1. The van der Waals surface area contributed by atoms with Crippen molar-refractivity contribution in [3.8, 4) is 5.75 Å². The lowest BCUT2D eigenvalue weighted by Crippen LogP contribution is -2.35. The second-order valence-corrected chi connectivity index (χ2v) is 6.08. The van der Waals surface area contributed by atoms with E-state index in [0.29, 0.717) is 5.56 Å². The molecule has 1 aliphatic carbocycles.